The Bertz CT molecular complexity index is 675. The van der Waals surface area contributed by atoms with E-state index in [1.807, 2.05) is 6.92 Å². The number of amides is 2. The third-order valence-corrected chi connectivity index (χ3v) is 4.86. The molecule has 146 valence electrons. The predicted octanol–water partition coefficient (Wildman–Crippen LogP) is 2.30. The van der Waals surface area contributed by atoms with E-state index in [0.717, 1.165) is 19.3 Å². The monoisotopic (exact) mass is 372 g/mol. The highest BCUT2D eigenvalue weighted by Crippen LogP contribution is 2.27. The van der Waals surface area contributed by atoms with E-state index in [2.05, 4.69) is 16.7 Å². The number of nitrogens with zero attached hydrogens (tertiary/aromatic N) is 2. The van der Waals surface area contributed by atoms with Gasteiger partial charge in [-0.1, -0.05) is 26.2 Å². The smallest absolute Gasteiger partial charge is 0.238 e. The molecule has 1 aliphatic rings. The standard InChI is InChI=1S/C20H28N4O3/c1-3-24(13-18(25)22-16-7-9-17(27-2)10-8-16)14-19(26)23-20(15-21)11-5-4-6-12-20/h7-10H,3-6,11-14H2,1-2H3,(H,22,25)(H,23,26). The van der Waals surface area contributed by atoms with Gasteiger partial charge in [0.15, 0.2) is 0 Å². The van der Waals surface area contributed by atoms with Gasteiger partial charge >= 0.3 is 0 Å². The fourth-order valence-electron chi connectivity index (χ4n) is 3.29. The summed E-state index contributed by atoms with van der Waals surface area (Å²) in [5.74, 6) is 0.314. The zero-order valence-corrected chi connectivity index (χ0v) is 16.1. The highest BCUT2D eigenvalue weighted by Gasteiger charge is 2.33. The largest absolute Gasteiger partial charge is 0.497 e. The lowest BCUT2D eigenvalue weighted by atomic mass is 9.83. The number of hydrogen-bond acceptors (Lipinski definition) is 5. The molecule has 0 heterocycles. The van der Waals surface area contributed by atoms with Crippen molar-refractivity contribution in [1.29, 1.82) is 5.26 Å². The van der Waals surface area contributed by atoms with Gasteiger partial charge in [-0.15, -0.1) is 0 Å². The molecule has 1 aromatic carbocycles. The molecule has 2 N–H and O–H groups in total. The maximum Gasteiger partial charge on any atom is 0.238 e. The van der Waals surface area contributed by atoms with Crippen LogP contribution in [0.2, 0.25) is 0 Å². The van der Waals surface area contributed by atoms with E-state index in [1.54, 1.807) is 36.3 Å². The molecule has 0 bridgehead atoms. The molecule has 0 saturated heterocycles. The first-order valence-electron chi connectivity index (χ1n) is 9.39. The number of carbonyl (C=O) groups is 2. The van der Waals surface area contributed by atoms with Crippen LogP contribution in [0.15, 0.2) is 24.3 Å². The van der Waals surface area contributed by atoms with E-state index in [9.17, 15) is 14.9 Å². The molecule has 0 spiro atoms. The summed E-state index contributed by atoms with van der Waals surface area (Å²) in [6, 6.07) is 9.35. The Morgan fingerprint density at radius 2 is 1.78 bits per heavy atom. The molecule has 1 aliphatic carbocycles. The van der Waals surface area contributed by atoms with Gasteiger partial charge in [-0.2, -0.15) is 5.26 Å². The first kappa shape index (κ1) is 20.7. The zero-order chi connectivity index (χ0) is 19.7. The van der Waals surface area contributed by atoms with E-state index in [0.29, 0.717) is 30.8 Å². The van der Waals surface area contributed by atoms with Crippen molar-refractivity contribution in [1.82, 2.24) is 10.2 Å². The van der Waals surface area contributed by atoms with Gasteiger partial charge in [-0.3, -0.25) is 14.5 Å². The number of benzene rings is 1. The van der Waals surface area contributed by atoms with Crippen molar-refractivity contribution >= 4 is 17.5 Å². The van der Waals surface area contributed by atoms with E-state index >= 15 is 0 Å². The molecule has 1 aromatic rings. The van der Waals surface area contributed by atoms with Gasteiger partial charge in [0.1, 0.15) is 11.3 Å². The van der Waals surface area contributed by atoms with Gasteiger partial charge < -0.3 is 15.4 Å². The number of nitriles is 1. The summed E-state index contributed by atoms with van der Waals surface area (Å²) in [7, 11) is 1.58. The molecular weight excluding hydrogens is 344 g/mol. The Hall–Kier alpha value is -2.59. The number of likely N-dealkylation sites (N-methyl/N-ethyl adjacent to an activating group) is 1. The second-order valence-electron chi connectivity index (χ2n) is 6.88. The second kappa shape index (κ2) is 9.93. The van der Waals surface area contributed by atoms with Gasteiger partial charge in [0.25, 0.3) is 0 Å². The number of carbonyl (C=O) groups excluding carboxylic acids is 2. The summed E-state index contributed by atoms with van der Waals surface area (Å²) in [5, 5.41) is 15.2. The van der Waals surface area contributed by atoms with Crippen LogP contribution < -0.4 is 15.4 Å². The van der Waals surface area contributed by atoms with Crippen LogP contribution >= 0.6 is 0 Å². The second-order valence-corrected chi connectivity index (χ2v) is 6.88. The molecule has 7 nitrogen and oxygen atoms in total. The molecule has 2 amide bonds. The average Bonchev–Trinajstić information content (AvgIpc) is 2.68. The highest BCUT2D eigenvalue weighted by molar-refractivity contribution is 5.92. The lowest BCUT2D eigenvalue weighted by molar-refractivity contribution is -0.124. The summed E-state index contributed by atoms with van der Waals surface area (Å²) in [6.45, 7) is 2.66. The van der Waals surface area contributed by atoms with Gasteiger partial charge in [-0.05, 0) is 43.7 Å². The van der Waals surface area contributed by atoms with Crippen LogP contribution in [-0.4, -0.2) is 49.0 Å². The Labute approximate surface area is 160 Å². The van der Waals surface area contributed by atoms with Crippen molar-refractivity contribution in [2.45, 2.75) is 44.6 Å². The van der Waals surface area contributed by atoms with Crippen LogP contribution in [-0.2, 0) is 9.59 Å². The maximum atomic E-state index is 12.4. The van der Waals surface area contributed by atoms with Crippen LogP contribution in [0.25, 0.3) is 0 Å². The number of hydrogen-bond donors (Lipinski definition) is 2. The minimum Gasteiger partial charge on any atom is -0.497 e. The van der Waals surface area contributed by atoms with Gasteiger partial charge in [-0.25, -0.2) is 0 Å². The van der Waals surface area contributed by atoms with Crippen molar-refractivity contribution in [2.24, 2.45) is 0 Å². The Morgan fingerprint density at radius 1 is 1.15 bits per heavy atom. The van der Waals surface area contributed by atoms with Gasteiger partial charge in [0.2, 0.25) is 11.8 Å². The summed E-state index contributed by atoms with van der Waals surface area (Å²) in [5.41, 5.74) is -0.0768. The van der Waals surface area contributed by atoms with Crippen LogP contribution in [0.1, 0.15) is 39.0 Å². The molecular formula is C20H28N4O3. The summed E-state index contributed by atoms with van der Waals surface area (Å²) in [4.78, 5) is 26.4. The molecule has 1 fully saturated rings. The van der Waals surface area contributed by atoms with Crippen molar-refractivity contribution in [2.75, 3.05) is 32.1 Å². The molecule has 0 atom stereocenters. The minimum atomic E-state index is -0.750. The van der Waals surface area contributed by atoms with Crippen LogP contribution in [0.3, 0.4) is 0 Å². The summed E-state index contributed by atoms with van der Waals surface area (Å²) >= 11 is 0. The van der Waals surface area contributed by atoms with Crippen LogP contribution in [0, 0.1) is 11.3 Å². The summed E-state index contributed by atoms with van der Waals surface area (Å²) < 4.78 is 5.09. The molecule has 2 rings (SSSR count). The molecule has 0 unspecified atom stereocenters. The Balaban J connectivity index is 1.85. The van der Waals surface area contributed by atoms with E-state index in [4.69, 9.17) is 4.74 Å². The van der Waals surface area contributed by atoms with Crippen molar-refractivity contribution in [3.63, 3.8) is 0 Å². The molecule has 0 radical (unpaired) electrons. The summed E-state index contributed by atoms with van der Waals surface area (Å²) in [6.07, 6.45) is 4.40. The third kappa shape index (κ3) is 6.26. The molecule has 0 aliphatic heterocycles. The molecule has 1 saturated carbocycles. The normalized spacial score (nSPS) is 15.6. The highest BCUT2D eigenvalue weighted by atomic mass is 16.5. The molecule has 7 heteroatoms. The van der Waals surface area contributed by atoms with E-state index in [-0.39, 0.29) is 24.9 Å². The predicted molar refractivity (Wildman–Crippen MR) is 103 cm³/mol. The Morgan fingerprint density at radius 3 is 2.33 bits per heavy atom. The van der Waals surface area contributed by atoms with Crippen LogP contribution in [0.4, 0.5) is 5.69 Å². The quantitative estimate of drug-likeness (QED) is 0.730. The van der Waals surface area contributed by atoms with Gasteiger partial charge in [0.05, 0.1) is 26.3 Å². The number of anilines is 1. The Kier molecular flexibility index (Phi) is 7.62. The van der Waals surface area contributed by atoms with Crippen LogP contribution in [0.5, 0.6) is 5.75 Å². The molecule has 0 aromatic heterocycles. The SMILES string of the molecule is CCN(CC(=O)Nc1ccc(OC)cc1)CC(=O)NC1(C#N)CCCCC1. The molecule has 27 heavy (non-hydrogen) atoms. The van der Waals surface area contributed by atoms with Crippen molar-refractivity contribution in [3.8, 4) is 11.8 Å². The van der Waals surface area contributed by atoms with Crippen molar-refractivity contribution in [3.05, 3.63) is 24.3 Å². The lowest BCUT2D eigenvalue weighted by Crippen LogP contribution is -2.52. The fraction of sp³-hybridized carbons (Fsp3) is 0.550. The fourth-order valence-corrected chi connectivity index (χ4v) is 3.29. The average molecular weight is 372 g/mol. The zero-order valence-electron chi connectivity index (χ0n) is 16.1. The number of ether oxygens (including phenoxy) is 1. The first-order chi connectivity index (χ1) is 13.0. The number of methoxy groups -OCH3 is 1. The van der Waals surface area contributed by atoms with Crippen molar-refractivity contribution < 1.29 is 14.3 Å². The lowest BCUT2D eigenvalue weighted by Gasteiger charge is -2.32. The minimum absolute atomic E-state index is 0.0932. The maximum absolute atomic E-state index is 12.4. The topological polar surface area (TPSA) is 94.5 Å². The van der Waals surface area contributed by atoms with Gasteiger partial charge in [0, 0.05) is 5.69 Å². The third-order valence-electron chi connectivity index (χ3n) is 4.86. The van der Waals surface area contributed by atoms with E-state index in [1.165, 1.54) is 0 Å². The van der Waals surface area contributed by atoms with E-state index < -0.39 is 5.54 Å². The first-order valence-corrected chi connectivity index (χ1v) is 9.39. The number of nitrogens with one attached hydrogen (secondary N) is 2. The number of rotatable bonds is 8.